The van der Waals surface area contributed by atoms with Crippen LogP contribution < -0.4 is 16.2 Å². The zero-order valence-electron chi connectivity index (χ0n) is 8.81. The molecule has 0 bridgehead atoms. The number of hydrogen-bond acceptors (Lipinski definition) is 4. The lowest BCUT2D eigenvalue weighted by Crippen LogP contribution is -2.31. The molecule has 17 heavy (non-hydrogen) atoms. The average molecular weight is 278 g/mol. The van der Waals surface area contributed by atoms with Gasteiger partial charge < -0.3 is 11.1 Å². The third-order valence-corrected chi connectivity index (χ3v) is 3.01. The number of carbonyl (C=O) groups excluding carboxylic acids is 1. The second kappa shape index (κ2) is 5.35. The number of primary sulfonamides is 1. The summed E-state index contributed by atoms with van der Waals surface area (Å²) in [6, 6.07) is 4.46. The number of rotatable bonds is 4. The number of halogens is 1. The largest absolute Gasteiger partial charge is 0.399 e. The Kier molecular flexibility index (Phi) is 4.33. The van der Waals surface area contributed by atoms with Crippen LogP contribution in [-0.4, -0.2) is 26.6 Å². The normalized spacial score (nSPS) is 11.2. The Hall–Kier alpha value is -1.31. The molecule has 0 saturated heterocycles. The molecule has 0 unspecified atom stereocenters. The van der Waals surface area contributed by atoms with Crippen molar-refractivity contribution in [1.82, 2.24) is 5.32 Å². The minimum atomic E-state index is -3.59. The van der Waals surface area contributed by atoms with Gasteiger partial charge in [0.25, 0.3) is 5.91 Å². The van der Waals surface area contributed by atoms with Gasteiger partial charge in [0.2, 0.25) is 10.0 Å². The van der Waals surface area contributed by atoms with Crippen LogP contribution in [0.5, 0.6) is 0 Å². The van der Waals surface area contributed by atoms with E-state index in [9.17, 15) is 13.2 Å². The molecule has 1 amide bonds. The van der Waals surface area contributed by atoms with E-state index >= 15 is 0 Å². The maximum Gasteiger partial charge on any atom is 0.252 e. The molecular formula is C9H12ClN3O3S. The summed E-state index contributed by atoms with van der Waals surface area (Å²) in [7, 11) is -3.59. The summed E-state index contributed by atoms with van der Waals surface area (Å²) in [6.07, 6.45) is 0. The Labute approximate surface area is 104 Å². The van der Waals surface area contributed by atoms with Crippen LogP contribution in [0.15, 0.2) is 18.2 Å². The predicted octanol–water partition coefficient (Wildman–Crippen LogP) is -0.0595. The molecule has 94 valence electrons. The van der Waals surface area contributed by atoms with Crippen LogP contribution in [0.4, 0.5) is 5.69 Å². The van der Waals surface area contributed by atoms with Crippen molar-refractivity contribution in [3.05, 3.63) is 28.8 Å². The van der Waals surface area contributed by atoms with E-state index in [2.05, 4.69) is 5.32 Å². The summed E-state index contributed by atoms with van der Waals surface area (Å²) in [6.45, 7) is -0.0806. The van der Waals surface area contributed by atoms with Crippen LogP contribution in [0.2, 0.25) is 5.02 Å². The van der Waals surface area contributed by atoms with Crippen molar-refractivity contribution in [2.45, 2.75) is 0 Å². The molecule has 0 saturated carbocycles. The third kappa shape index (κ3) is 4.59. The fourth-order valence-corrected chi connectivity index (χ4v) is 1.71. The number of amides is 1. The Morgan fingerprint density at radius 2 is 2.06 bits per heavy atom. The summed E-state index contributed by atoms with van der Waals surface area (Å²) < 4.78 is 21.3. The van der Waals surface area contributed by atoms with E-state index in [1.54, 1.807) is 6.07 Å². The zero-order chi connectivity index (χ0) is 13.1. The number of carbonyl (C=O) groups is 1. The number of nitrogen functional groups attached to an aromatic ring is 1. The van der Waals surface area contributed by atoms with E-state index in [0.29, 0.717) is 5.69 Å². The number of nitrogens with two attached hydrogens (primary N) is 2. The highest BCUT2D eigenvalue weighted by Crippen LogP contribution is 2.18. The molecule has 0 aliphatic rings. The standard InChI is InChI=1S/C9H12ClN3O3S/c10-8-2-1-6(11)5-7(8)9(14)13-3-4-17(12,15)16/h1-2,5H,3-4,11H2,(H,13,14)(H2,12,15,16). The van der Waals surface area contributed by atoms with Gasteiger partial charge in [-0.25, -0.2) is 13.6 Å². The zero-order valence-corrected chi connectivity index (χ0v) is 10.4. The van der Waals surface area contributed by atoms with Gasteiger partial charge in [-0.15, -0.1) is 0 Å². The predicted molar refractivity (Wildman–Crippen MR) is 66.2 cm³/mol. The first-order valence-corrected chi connectivity index (χ1v) is 6.72. The van der Waals surface area contributed by atoms with Crippen LogP contribution in [0.3, 0.4) is 0 Å². The molecule has 1 aromatic carbocycles. The van der Waals surface area contributed by atoms with Gasteiger partial charge in [0.1, 0.15) is 0 Å². The summed E-state index contributed by atoms with van der Waals surface area (Å²) >= 11 is 5.80. The number of sulfonamides is 1. The number of nitrogens with one attached hydrogen (secondary N) is 1. The highest BCUT2D eigenvalue weighted by atomic mass is 35.5. The Morgan fingerprint density at radius 1 is 1.41 bits per heavy atom. The smallest absolute Gasteiger partial charge is 0.252 e. The van der Waals surface area contributed by atoms with Crippen molar-refractivity contribution in [3.63, 3.8) is 0 Å². The van der Waals surface area contributed by atoms with E-state index in [0.717, 1.165) is 0 Å². The van der Waals surface area contributed by atoms with E-state index in [4.69, 9.17) is 22.5 Å². The van der Waals surface area contributed by atoms with Crippen LogP contribution in [-0.2, 0) is 10.0 Å². The SMILES string of the molecule is Nc1ccc(Cl)c(C(=O)NCCS(N)(=O)=O)c1. The lowest BCUT2D eigenvalue weighted by atomic mass is 10.2. The minimum Gasteiger partial charge on any atom is -0.399 e. The lowest BCUT2D eigenvalue weighted by Gasteiger charge is -2.06. The molecule has 0 heterocycles. The van der Waals surface area contributed by atoms with Gasteiger partial charge in [0.05, 0.1) is 16.3 Å². The Bertz CT molecular complexity index is 530. The molecule has 0 aliphatic heterocycles. The quantitative estimate of drug-likeness (QED) is 0.669. The van der Waals surface area contributed by atoms with E-state index in [-0.39, 0.29) is 22.9 Å². The molecule has 0 aliphatic carbocycles. The van der Waals surface area contributed by atoms with Crippen molar-refractivity contribution in [2.75, 3.05) is 18.0 Å². The van der Waals surface area contributed by atoms with Crippen LogP contribution in [0, 0.1) is 0 Å². The molecule has 1 aromatic rings. The first-order chi connectivity index (χ1) is 7.79. The Morgan fingerprint density at radius 3 is 2.65 bits per heavy atom. The molecule has 0 fully saturated rings. The van der Waals surface area contributed by atoms with Crippen molar-refractivity contribution >= 4 is 33.2 Å². The highest BCUT2D eigenvalue weighted by molar-refractivity contribution is 7.89. The molecule has 6 nitrogen and oxygen atoms in total. The van der Waals surface area contributed by atoms with Crippen molar-refractivity contribution in [3.8, 4) is 0 Å². The topological polar surface area (TPSA) is 115 Å². The van der Waals surface area contributed by atoms with Gasteiger partial charge in [0, 0.05) is 12.2 Å². The summed E-state index contributed by atoms with van der Waals surface area (Å²) in [5, 5.41) is 7.42. The molecule has 1 rings (SSSR count). The van der Waals surface area contributed by atoms with Crippen LogP contribution in [0.25, 0.3) is 0 Å². The van der Waals surface area contributed by atoms with Gasteiger partial charge in [-0.1, -0.05) is 11.6 Å². The van der Waals surface area contributed by atoms with Gasteiger partial charge in [-0.2, -0.15) is 0 Å². The van der Waals surface area contributed by atoms with Gasteiger partial charge in [-0.05, 0) is 18.2 Å². The lowest BCUT2D eigenvalue weighted by molar-refractivity contribution is 0.0956. The Balaban J connectivity index is 2.67. The monoisotopic (exact) mass is 277 g/mol. The fraction of sp³-hybridized carbons (Fsp3) is 0.222. The number of anilines is 1. The second-order valence-corrected chi connectivity index (χ2v) is 5.50. The molecule has 0 radical (unpaired) electrons. The van der Waals surface area contributed by atoms with Crippen molar-refractivity contribution in [1.29, 1.82) is 0 Å². The highest BCUT2D eigenvalue weighted by Gasteiger charge is 2.11. The molecule has 5 N–H and O–H groups in total. The van der Waals surface area contributed by atoms with Crippen molar-refractivity contribution < 1.29 is 13.2 Å². The van der Waals surface area contributed by atoms with Crippen LogP contribution >= 0.6 is 11.6 Å². The molecular weight excluding hydrogens is 266 g/mol. The molecule has 0 spiro atoms. The van der Waals surface area contributed by atoms with E-state index in [1.165, 1.54) is 12.1 Å². The maximum absolute atomic E-state index is 11.6. The second-order valence-electron chi connectivity index (χ2n) is 3.36. The minimum absolute atomic E-state index is 0.0806. The summed E-state index contributed by atoms with van der Waals surface area (Å²) in [5.41, 5.74) is 6.10. The number of benzene rings is 1. The fourth-order valence-electron chi connectivity index (χ4n) is 1.12. The molecule has 0 atom stereocenters. The summed E-state index contributed by atoms with van der Waals surface area (Å²) in [5.74, 6) is -0.829. The van der Waals surface area contributed by atoms with E-state index in [1.807, 2.05) is 0 Å². The van der Waals surface area contributed by atoms with Gasteiger partial charge in [-0.3, -0.25) is 4.79 Å². The first-order valence-electron chi connectivity index (χ1n) is 4.63. The summed E-state index contributed by atoms with van der Waals surface area (Å²) in [4.78, 5) is 11.6. The van der Waals surface area contributed by atoms with Crippen LogP contribution in [0.1, 0.15) is 10.4 Å². The maximum atomic E-state index is 11.6. The van der Waals surface area contributed by atoms with Gasteiger partial charge in [0.15, 0.2) is 0 Å². The van der Waals surface area contributed by atoms with Crippen molar-refractivity contribution in [2.24, 2.45) is 5.14 Å². The molecule has 8 heteroatoms. The van der Waals surface area contributed by atoms with Gasteiger partial charge >= 0.3 is 0 Å². The average Bonchev–Trinajstić information content (AvgIpc) is 2.19. The van der Waals surface area contributed by atoms with E-state index < -0.39 is 15.9 Å². The number of hydrogen-bond donors (Lipinski definition) is 3. The molecule has 0 aromatic heterocycles. The third-order valence-electron chi connectivity index (χ3n) is 1.91. The first kappa shape index (κ1) is 13.8.